The molecule has 4 heavy (non-hydrogen) atoms. The quantitative estimate of drug-likeness (QED) is 0.326. The first-order valence-corrected chi connectivity index (χ1v) is 1.19. The molecule has 0 unspecified atom stereocenters. The second-order valence-electron chi connectivity index (χ2n) is 0.0772. The van der Waals surface area contributed by atoms with Crippen molar-refractivity contribution >= 4 is 21.1 Å². The van der Waals surface area contributed by atoms with Gasteiger partial charge < -0.3 is 4.79 Å². The fourth-order valence-electron chi connectivity index (χ4n) is 0. The van der Waals surface area contributed by atoms with Gasteiger partial charge in [0.2, 0.25) is 0 Å². The predicted molar refractivity (Wildman–Crippen MR) is 14.6 cm³/mol. The first kappa shape index (κ1) is 8.86. The minimum atomic E-state index is 0. The molecule has 3 heteroatoms. The molecular weight excluding hydrogens is 216 g/mol. The van der Waals surface area contributed by atoms with Gasteiger partial charge in [-0.05, 0) is 0 Å². The maximum atomic E-state index is 8.60. The van der Waals surface area contributed by atoms with E-state index in [1.54, 1.807) is 0 Å². The van der Waals surface area contributed by atoms with Gasteiger partial charge in [-0.2, -0.15) is 5.20 Å². The molecule has 0 heterocycles. The van der Waals surface area contributed by atoms with Crippen molar-refractivity contribution < 1.29 is 27.2 Å². The van der Waals surface area contributed by atoms with Gasteiger partial charge in [-0.3, -0.25) is 15.9 Å². The Bertz CT molecular complexity index is 15.5. The molecule has 0 aliphatic carbocycles. The van der Waals surface area contributed by atoms with Gasteiger partial charge in [-0.1, -0.05) is 0 Å². The molecule has 0 aromatic heterocycles. The molecule has 0 aromatic rings. The van der Waals surface area contributed by atoms with Gasteiger partial charge in [0.25, 0.3) is 0 Å². The third kappa shape index (κ3) is 13.0. The maximum Gasteiger partial charge on any atom is 1.00 e. The summed E-state index contributed by atoms with van der Waals surface area (Å²) in [6, 6.07) is 0. The first-order chi connectivity index (χ1) is 1.41. The standard InChI is InChI=1S/CBrO.Ag/c2-1-3;/q-1;+1. The van der Waals surface area contributed by atoms with Crippen molar-refractivity contribution in [1.29, 1.82) is 0 Å². The zero-order valence-corrected chi connectivity index (χ0v) is 4.66. The van der Waals surface area contributed by atoms with Crippen LogP contribution in [-0.2, 0) is 27.2 Å². The Kier molecular flexibility index (Phi) is 20.1. The van der Waals surface area contributed by atoms with Crippen molar-refractivity contribution in [2.24, 2.45) is 0 Å². The van der Waals surface area contributed by atoms with E-state index in [0.29, 0.717) is 0 Å². The van der Waals surface area contributed by atoms with Crippen molar-refractivity contribution in [3.8, 4) is 0 Å². The van der Waals surface area contributed by atoms with E-state index in [0.717, 1.165) is 0 Å². The Balaban J connectivity index is 0. The normalized spacial score (nSPS) is 3.25. The SMILES string of the molecule is O=[C-]Br.[Ag+]. The molecule has 0 saturated carbocycles. The van der Waals surface area contributed by atoms with E-state index in [9.17, 15) is 0 Å². The van der Waals surface area contributed by atoms with E-state index in [4.69, 9.17) is 4.79 Å². The zero-order chi connectivity index (χ0) is 2.71. The van der Waals surface area contributed by atoms with Crippen LogP contribution in [0.1, 0.15) is 0 Å². The second kappa shape index (κ2) is 9.10. The summed E-state index contributed by atoms with van der Waals surface area (Å²) in [5.41, 5.74) is 0. The van der Waals surface area contributed by atoms with Gasteiger partial charge in [0.05, 0.1) is 0 Å². The topological polar surface area (TPSA) is 17.1 Å². The van der Waals surface area contributed by atoms with Crippen LogP contribution in [0.5, 0.6) is 0 Å². The van der Waals surface area contributed by atoms with Crippen molar-refractivity contribution in [2.45, 2.75) is 0 Å². The fraction of sp³-hybridized carbons (Fsp3) is 0. The third-order valence-electron chi connectivity index (χ3n) is 0. The first-order valence-electron chi connectivity index (χ1n) is 0.393. The molecule has 0 bridgehead atoms. The Labute approximate surface area is 48.4 Å². The van der Waals surface area contributed by atoms with Crippen LogP contribution in [0, 0.1) is 0 Å². The Morgan fingerprint density at radius 1 is 1.75 bits per heavy atom. The van der Waals surface area contributed by atoms with Crippen molar-refractivity contribution in [2.75, 3.05) is 0 Å². The van der Waals surface area contributed by atoms with E-state index in [1.165, 1.54) is 5.20 Å². The van der Waals surface area contributed by atoms with Crippen LogP contribution in [0.15, 0.2) is 0 Å². The van der Waals surface area contributed by atoms with Crippen LogP contribution in [0.2, 0.25) is 0 Å². The summed E-state index contributed by atoms with van der Waals surface area (Å²) in [7, 11) is 0. The van der Waals surface area contributed by atoms with Gasteiger partial charge in [0, 0.05) is 0 Å². The van der Waals surface area contributed by atoms with Crippen LogP contribution in [-0.4, -0.2) is 5.20 Å². The van der Waals surface area contributed by atoms with Crippen LogP contribution < -0.4 is 0 Å². The molecule has 0 aromatic carbocycles. The average Bonchev–Trinajstić information content (AvgIpc) is 0.918. The fourth-order valence-corrected chi connectivity index (χ4v) is 0. The Morgan fingerprint density at radius 3 is 1.75 bits per heavy atom. The minimum absolute atomic E-state index is 0. The number of carbonyl (C=O) groups excluding carboxylic acids is 1. The maximum absolute atomic E-state index is 8.60. The largest absolute Gasteiger partial charge is 1.00 e. The summed E-state index contributed by atoms with van der Waals surface area (Å²) in [4.78, 5) is 8.60. The monoisotopic (exact) mass is 214 g/mol. The molecule has 0 amide bonds. The molecule has 0 radical (unpaired) electrons. The zero-order valence-electron chi connectivity index (χ0n) is 1.59. The average molecular weight is 216 g/mol. The van der Waals surface area contributed by atoms with Crippen LogP contribution in [0.4, 0.5) is 0 Å². The smallest absolute Gasteiger partial charge is 0.530 e. The van der Waals surface area contributed by atoms with Crippen molar-refractivity contribution in [1.82, 2.24) is 0 Å². The van der Waals surface area contributed by atoms with Gasteiger partial charge in [-0.25, -0.2) is 0 Å². The van der Waals surface area contributed by atoms with E-state index < -0.39 is 0 Å². The Morgan fingerprint density at radius 2 is 1.75 bits per heavy atom. The molecule has 0 atom stereocenters. The van der Waals surface area contributed by atoms with Crippen LogP contribution in [0.3, 0.4) is 0 Å². The summed E-state index contributed by atoms with van der Waals surface area (Å²) in [5.74, 6) is 0. The minimum Gasteiger partial charge on any atom is -0.530 e. The number of halogens is 1. The summed E-state index contributed by atoms with van der Waals surface area (Å²) >= 11 is 2.34. The Hall–Kier alpha value is 0.890. The molecular formula is CAgBrO. The summed E-state index contributed by atoms with van der Waals surface area (Å²) < 4.78 is 0. The number of rotatable bonds is 0. The summed E-state index contributed by atoms with van der Waals surface area (Å²) in [5, 5.41) is 1.31. The summed E-state index contributed by atoms with van der Waals surface area (Å²) in [6.45, 7) is 0. The number of hydrogen-bond acceptors (Lipinski definition) is 1. The molecule has 0 spiro atoms. The molecule has 0 N–H and O–H groups in total. The molecule has 0 aliphatic heterocycles. The van der Waals surface area contributed by atoms with Gasteiger partial charge >= 0.3 is 22.4 Å². The van der Waals surface area contributed by atoms with Gasteiger partial charge in [-0.15, -0.1) is 0 Å². The number of hydrogen-bond donors (Lipinski definition) is 0. The molecule has 0 aliphatic rings. The molecule has 0 fully saturated rings. The van der Waals surface area contributed by atoms with Crippen molar-refractivity contribution in [3.05, 3.63) is 0 Å². The van der Waals surface area contributed by atoms with E-state index in [1.807, 2.05) is 0 Å². The van der Waals surface area contributed by atoms with Crippen LogP contribution >= 0.6 is 15.9 Å². The second-order valence-corrected chi connectivity index (χ2v) is 0.401. The van der Waals surface area contributed by atoms with Crippen LogP contribution in [0.25, 0.3) is 0 Å². The molecule has 0 rings (SSSR count). The van der Waals surface area contributed by atoms with Gasteiger partial charge in [0.15, 0.2) is 0 Å². The van der Waals surface area contributed by atoms with E-state index in [-0.39, 0.29) is 22.4 Å². The van der Waals surface area contributed by atoms with E-state index >= 15 is 0 Å². The molecule has 1 nitrogen and oxygen atoms in total. The third-order valence-corrected chi connectivity index (χ3v) is 0. The van der Waals surface area contributed by atoms with E-state index in [2.05, 4.69) is 15.9 Å². The predicted octanol–water partition coefficient (Wildman–Crippen LogP) is 0.446. The summed E-state index contributed by atoms with van der Waals surface area (Å²) in [6.07, 6.45) is 0. The molecule has 0 saturated heterocycles. The van der Waals surface area contributed by atoms with Gasteiger partial charge in [0.1, 0.15) is 0 Å². The molecule has 28 valence electrons. The van der Waals surface area contributed by atoms with Crippen molar-refractivity contribution in [3.63, 3.8) is 0 Å².